The molecule has 0 aromatic carbocycles. The summed E-state index contributed by atoms with van der Waals surface area (Å²) in [7, 11) is 0. The Morgan fingerprint density at radius 3 is 1.97 bits per heavy atom. The topological polar surface area (TPSA) is 56.9 Å². The normalized spacial score (nSPS) is 23.9. The lowest BCUT2D eigenvalue weighted by Crippen LogP contribution is -2.24. The third kappa shape index (κ3) is 4.00. The average molecular weight is 480 g/mol. The highest BCUT2D eigenvalue weighted by Crippen LogP contribution is 2.29. The molecule has 2 aromatic heterocycles. The summed E-state index contributed by atoms with van der Waals surface area (Å²) in [4.78, 5) is 21.1. The van der Waals surface area contributed by atoms with Gasteiger partial charge < -0.3 is 29.6 Å². The van der Waals surface area contributed by atoms with Crippen LogP contribution in [0.4, 0.5) is 0 Å². The second kappa shape index (κ2) is 8.82. The molecular formula is C29H33N7. The molecule has 2 N–H and O–H groups in total. The van der Waals surface area contributed by atoms with Crippen molar-refractivity contribution in [3.05, 3.63) is 92.5 Å². The van der Waals surface area contributed by atoms with Crippen LogP contribution in [0.3, 0.4) is 0 Å². The third-order valence-corrected chi connectivity index (χ3v) is 7.30. The van der Waals surface area contributed by atoms with Gasteiger partial charge in [0.1, 0.15) is 0 Å². The Bertz CT molecular complexity index is 1610. The van der Waals surface area contributed by atoms with Gasteiger partial charge in [0.05, 0.1) is 40.8 Å². The molecule has 7 nitrogen and oxygen atoms in total. The Morgan fingerprint density at radius 2 is 1.36 bits per heavy atom. The number of fused-ring (bicyclic) bond motifs is 9. The van der Waals surface area contributed by atoms with Crippen LogP contribution in [0.1, 0.15) is 38.3 Å². The standard InChI is InChI=1S/C29H33N7/c1-5-24-20(3)26-13-27-21(4)25(6-2)29(32-27)17-36-12-10-34(19-36)15-23-8-7-22(30-23)14-33-9-11-35(18-33)16-28(24)31-26/h7-17,30-31H,5-6,18-19H2,1-4H3/b22-14-,23-15-,26-13-,28-16-,29-17-. The van der Waals surface area contributed by atoms with E-state index in [4.69, 9.17) is 4.99 Å². The molecule has 0 fully saturated rings. The molecule has 0 unspecified atom stereocenters. The van der Waals surface area contributed by atoms with E-state index in [0.29, 0.717) is 0 Å². The zero-order chi connectivity index (χ0) is 24.8. The number of aliphatic imine (C=N–C) groups is 1. The fourth-order valence-corrected chi connectivity index (χ4v) is 5.35. The number of allylic oxidation sites excluding steroid dienone is 2. The highest BCUT2D eigenvalue weighted by molar-refractivity contribution is 6.23. The second-order valence-corrected chi connectivity index (χ2v) is 9.71. The number of nitrogens with one attached hydrogen (secondary N) is 2. The third-order valence-electron chi connectivity index (χ3n) is 7.30. The molecule has 6 heterocycles. The van der Waals surface area contributed by atoms with Gasteiger partial charge in [-0.3, -0.25) is 0 Å². The molecule has 0 saturated carbocycles. The number of hydrogen-bond donors (Lipinski definition) is 2. The van der Waals surface area contributed by atoms with Crippen molar-refractivity contribution < 1.29 is 0 Å². The number of aromatic amines is 2. The summed E-state index contributed by atoms with van der Waals surface area (Å²) >= 11 is 0. The van der Waals surface area contributed by atoms with E-state index in [1.54, 1.807) is 0 Å². The van der Waals surface area contributed by atoms with Crippen molar-refractivity contribution >= 4 is 30.4 Å². The second-order valence-electron chi connectivity index (χ2n) is 9.71. The summed E-state index contributed by atoms with van der Waals surface area (Å²) in [5, 5.41) is 4.44. The maximum atomic E-state index is 5.08. The van der Waals surface area contributed by atoms with Crippen molar-refractivity contribution in [2.24, 2.45) is 4.99 Å². The first-order valence-corrected chi connectivity index (χ1v) is 12.7. The first-order chi connectivity index (χ1) is 17.5. The van der Waals surface area contributed by atoms with Crippen molar-refractivity contribution in [1.82, 2.24) is 29.6 Å². The lowest BCUT2D eigenvalue weighted by atomic mass is 10.0. The Balaban J connectivity index is 1.51. The predicted molar refractivity (Wildman–Crippen MR) is 146 cm³/mol. The number of hydrogen-bond acceptors (Lipinski definition) is 5. The minimum Gasteiger partial charge on any atom is -0.354 e. The van der Waals surface area contributed by atoms with Crippen LogP contribution in [-0.2, 0) is 6.42 Å². The Labute approximate surface area is 211 Å². The molecule has 36 heavy (non-hydrogen) atoms. The molecular weight excluding hydrogens is 446 g/mol. The van der Waals surface area contributed by atoms with Crippen LogP contribution in [-0.4, -0.2) is 48.6 Å². The summed E-state index contributed by atoms with van der Waals surface area (Å²) in [5.41, 5.74) is 7.29. The number of aromatic nitrogens is 2. The Morgan fingerprint density at radius 1 is 0.750 bits per heavy atom. The van der Waals surface area contributed by atoms with E-state index in [2.05, 4.69) is 125 Å². The maximum absolute atomic E-state index is 5.08. The van der Waals surface area contributed by atoms with Crippen LogP contribution in [0.5, 0.6) is 0 Å². The van der Waals surface area contributed by atoms with Gasteiger partial charge in [-0.25, -0.2) is 4.99 Å². The molecule has 184 valence electrons. The van der Waals surface area contributed by atoms with Gasteiger partial charge in [-0.15, -0.1) is 0 Å². The van der Waals surface area contributed by atoms with Gasteiger partial charge in [0, 0.05) is 54.9 Å². The van der Waals surface area contributed by atoms with Crippen LogP contribution in [0.2, 0.25) is 0 Å². The predicted octanol–water partition coefficient (Wildman–Crippen LogP) is 2.04. The summed E-state index contributed by atoms with van der Waals surface area (Å²) in [6.45, 7) is 10.4. The SMILES string of the molecule is CCC1=C(C)C2=NC/1=C\N1C=CN(/C=c3/cc/c([nH]3)=C/N3C=CN(/C=c4\[nH]/c(c(C)c4CC)=C\2)C3)C1. The molecule has 10 bridgehead atoms. The Hall–Kier alpha value is -4.13. The summed E-state index contributed by atoms with van der Waals surface area (Å²) in [6, 6.07) is 4.24. The van der Waals surface area contributed by atoms with Crippen molar-refractivity contribution in [3.63, 3.8) is 0 Å². The first-order valence-electron chi connectivity index (χ1n) is 12.7. The van der Waals surface area contributed by atoms with Crippen LogP contribution < -0.4 is 21.4 Å². The van der Waals surface area contributed by atoms with E-state index < -0.39 is 0 Å². The van der Waals surface area contributed by atoms with E-state index in [-0.39, 0.29) is 0 Å². The van der Waals surface area contributed by atoms with Gasteiger partial charge in [0.25, 0.3) is 0 Å². The van der Waals surface area contributed by atoms with Gasteiger partial charge in [-0.1, -0.05) is 13.8 Å². The van der Waals surface area contributed by atoms with E-state index in [1.165, 1.54) is 22.3 Å². The summed E-state index contributed by atoms with van der Waals surface area (Å²) < 4.78 is 0. The Kier molecular flexibility index (Phi) is 5.48. The fourth-order valence-electron chi connectivity index (χ4n) is 5.35. The van der Waals surface area contributed by atoms with Crippen LogP contribution >= 0.6 is 0 Å². The van der Waals surface area contributed by atoms with E-state index >= 15 is 0 Å². The van der Waals surface area contributed by atoms with Crippen LogP contribution in [0.15, 0.2) is 65.0 Å². The van der Waals surface area contributed by atoms with Gasteiger partial charge in [-0.2, -0.15) is 0 Å². The zero-order valence-corrected chi connectivity index (χ0v) is 21.4. The molecule has 4 aliphatic heterocycles. The molecule has 7 heteroatoms. The minimum atomic E-state index is 0.755. The van der Waals surface area contributed by atoms with Crippen molar-refractivity contribution in [2.75, 3.05) is 13.3 Å². The molecule has 0 spiro atoms. The van der Waals surface area contributed by atoms with Gasteiger partial charge >= 0.3 is 0 Å². The van der Waals surface area contributed by atoms with Crippen LogP contribution in [0, 0.1) is 6.92 Å². The van der Waals surface area contributed by atoms with Gasteiger partial charge in [-0.05, 0) is 67.2 Å². The van der Waals surface area contributed by atoms with Gasteiger partial charge in [0.15, 0.2) is 0 Å². The minimum absolute atomic E-state index is 0.755. The van der Waals surface area contributed by atoms with Crippen molar-refractivity contribution in [1.29, 1.82) is 0 Å². The molecule has 4 aliphatic rings. The number of nitrogens with zero attached hydrogens (tertiary/aromatic N) is 5. The smallest absolute Gasteiger partial charge is 0.0979 e. The van der Waals surface area contributed by atoms with Crippen molar-refractivity contribution in [2.45, 2.75) is 40.5 Å². The average Bonchev–Trinajstić information content (AvgIpc) is 3.67. The van der Waals surface area contributed by atoms with E-state index in [1.807, 2.05) is 0 Å². The van der Waals surface area contributed by atoms with E-state index in [9.17, 15) is 0 Å². The van der Waals surface area contributed by atoms with Crippen molar-refractivity contribution in [3.8, 4) is 0 Å². The molecule has 2 aromatic rings. The summed E-state index contributed by atoms with van der Waals surface area (Å²) in [6.07, 6.45) is 21.3. The molecule has 0 atom stereocenters. The highest BCUT2D eigenvalue weighted by Gasteiger charge is 2.20. The fraction of sp³-hybridized carbons (Fsp3) is 0.276. The summed E-state index contributed by atoms with van der Waals surface area (Å²) in [5.74, 6) is 0. The highest BCUT2D eigenvalue weighted by atomic mass is 15.3. The maximum Gasteiger partial charge on any atom is 0.0979 e. The molecule has 6 rings (SSSR count). The zero-order valence-electron chi connectivity index (χ0n) is 21.4. The number of rotatable bonds is 2. The number of H-pyrrole nitrogens is 2. The lowest BCUT2D eigenvalue weighted by Gasteiger charge is -2.15. The van der Waals surface area contributed by atoms with E-state index in [0.717, 1.165) is 59.0 Å². The molecule has 0 saturated heterocycles. The monoisotopic (exact) mass is 479 g/mol. The molecule has 0 amide bonds. The quantitative estimate of drug-likeness (QED) is 0.692. The largest absolute Gasteiger partial charge is 0.354 e. The molecule has 0 aliphatic carbocycles. The van der Waals surface area contributed by atoms with Crippen LogP contribution in [0.25, 0.3) is 24.7 Å². The first kappa shape index (κ1) is 22.3. The van der Waals surface area contributed by atoms with Gasteiger partial charge in [0.2, 0.25) is 0 Å². The lowest BCUT2D eigenvalue weighted by molar-refractivity contribution is 0.411. The molecule has 0 radical (unpaired) electrons.